The van der Waals surface area contributed by atoms with Crippen molar-refractivity contribution in [3.05, 3.63) is 45.5 Å². The van der Waals surface area contributed by atoms with Crippen LogP contribution in [0.5, 0.6) is 0 Å². The molecule has 2 heterocycles. The van der Waals surface area contributed by atoms with Gasteiger partial charge in [-0.3, -0.25) is 9.59 Å². The molecule has 0 saturated carbocycles. The summed E-state index contributed by atoms with van der Waals surface area (Å²) in [5.74, 6) is -0.117. The molecule has 8 heteroatoms. The number of carbonyl (C=O) groups excluding carboxylic acids is 1. The van der Waals surface area contributed by atoms with Crippen LogP contribution in [0.1, 0.15) is 35.5 Å². The monoisotopic (exact) mass is 323 g/mol. The SMILES string of the molecule is CCc1n[nH]c(=O)c(C(=O)Nc2ccc(N)nc2)c1CC.Cl. The van der Waals surface area contributed by atoms with Crippen LogP contribution in [0.15, 0.2) is 23.1 Å². The topological polar surface area (TPSA) is 114 Å². The Hall–Kier alpha value is -2.41. The highest BCUT2D eigenvalue weighted by molar-refractivity contribution is 6.05. The van der Waals surface area contributed by atoms with Gasteiger partial charge in [0.15, 0.2) is 0 Å². The predicted molar refractivity (Wildman–Crippen MR) is 87.5 cm³/mol. The van der Waals surface area contributed by atoms with E-state index >= 15 is 0 Å². The van der Waals surface area contributed by atoms with Gasteiger partial charge in [0.25, 0.3) is 11.5 Å². The van der Waals surface area contributed by atoms with E-state index in [1.165, 1.54) is 6.20 Å². The number of hydrogen-bond donors (Lipinski definition) is 3. The number of aromatic amines is 1. The summed E-state index contributed by atoms with van der Waals surface area (Å²) in [6.45, 7) is 3.81. The van der Waals surface area contributed by atoms with Crippen LogP contribution in [-0.2, 0) is 12.8 Å². The number of halogens is 1. The van der Waals surface area contributed by atoms with Crippen molar-refractivity contribution in [2.24, 2.45) is 0 Å². The number of nitrogen functional groups attached to an aromatic ring is 1. The van der Waals surface area contributed by atoms with Gasteiger partial charge >= 0.3 is 0 Å². The fourth-order valence-corrected chi connectivity index (χ4v) is 2.11. The second kappa shape index (κ2) is 7.56. The van der Waals surface area contributed by atoms with Crippen molar-refractivity contribution in [2.75, 3.05) is 11.1 Å². The van der Waals surface area contributed by atoms with Gasteiger partial charge in [-0.25, -0.2) is 10.1 Å². The molecule has 2 aromatic heterocycles. The van der Waals surface area contributed by atoms with E-state index in [4.69, 9.17) is 5.73 Å². The number of nitrogens with one attached hydrogen (secondary N) is 2. The summed E-state index contributed by atoms with van der Waals surface area (Å²) in [5.41, 5.74) is 6.96. The molecule has 2 rings (SSSR count). The van der Waals surface area contributed by atoms with Crippen molar-refractivity contribution in [1.29, 1.82) is 0 Å². The van der Waals surface area contributed by atoms with E-state index in [0.717, 1.165) is 5.69 Å². The van der Waals surface area contributed by atoms with E-state index < -0.39 is 11.5 Å². The third-order valence-electron chi connectivity index (χ3n) is 3.13. The summed E-state index contributed by atoms with van der Waals surface area (Å²) in [6.07, 6.45) is 2.64. The highest BCUT2D eigenvalue weighted by atomic mass is 35.5. The number of nitrogens with two attached hydrogens (primary N) is 1. The zero-order valence-electron chi connectivity index (χ0n) is 12.3. The lowest BCUT2D eigenvalue weighted by molar-refractivity contribution is 0.102. The first kappa shape index (κ1) is 17.6. The molecule has 0 aromatic carbocycles. The Balaban J connectivity index is 0.00000242. The standard InChI is InChI=1S/C14H17N5O2.ClH/c1-3-9-10(4-2)18-19-14(21)12(9)13(20)17-8-5-6-11(15)16-7-8;/h5-7H,3-4H2,1-2H3,(H2,15,16)(H,17,20)(H,19,21);1H. The van der Waals surface area contributed by atoms with E-state index in [9.17, 15) is 9.59 Å². The maximum Gasteiger partial charge on any atom is 0.277 e. The molecule has 7 nitrogen and oxygen atoms in total. The molecule has 0 saturated heterocycles. The molecule has 0 spiro atoms. The largest absolute Gasteiger partial charge is 0.384 e. The molecular weight excluding hydrogens is 306 g/mol. The van der Waals surface area contributed by atoms with Crippen LogP contribution in [0.2, 0.25) is 0 Å². The lowest BCUT2D eigenvalue weighted by Crippen LogP contribution is -2.27. The summed E-state index contributed by atoms with van der Waals surface area (Å²) in [4.78, 5) is 28.2. The van der Waals surface area contributed by atoms with Gasteiger partial charge in [0.05, 0.1) is 17.6 Å². The first-order chi connectivity index (χ1) is 10.1. The minimum Gasteiger partial charge on any atom is -0.384 e. The molecule has 0 radical (unpaired) electrons. The van der Waals surface area contributed by atoms with Gasteiger partial charge in [0, 0.05) is 0 Å². The van der Waals surface area contributed by atoms with Crippen LogP contribution < -0.4 is 16.6 Å². The summed E-state index contributed by atoms with van der Waals surface area (Å²) in [5, 5.41) is 9.00. The Labute approximate surface area is 133 Å². The van der Waals surface area contributed by atoms with Crippen LogP contribution in [-0.4, -0.2) is 21.1 Å². The van der Waals surface area contributed by atoms with Gasteiger partial charge in [-0.1, -0.05) is 13.8 Å². The average Bonchev–Trinajstić information content (AvgIpc) is 2.48. The minimum absolute atomic E-state index is 0. The Morgan fingerprint density at radius 3 is 2.59 bits per heavy atom. The maximum absolute atomic E-state index is 12.3. The van der Waals surface area contributed by atoms with Crippen molar-refractivity contribution in [3.63, 3.8) is 0 Å². The Morgan fingerprint density at radius 2 is 2.05 bits per heavy atom. The number of aryl methyl sites for hydroxylation is 1. The molecule has 4 N–H and O–H groups in total. The molecule has 0 aliphatic heterocycles. The highest BCUT2D eigenvalue weighted by Crippen LogP contribution is 2.13. The van der Waals surface area contributed by atoms with Crippen LogP contribution in [0, 0.1) is 0 Å². The Bertz CT molecular complexity index is 712. The van der Waals surface area contributed by atoms with E-state index in [0.29, 0.717) is 29.9 Å². The number of nitrogens with zero attached hydrogens (tertiary/aromatic N) is 2. The molecule has 0 bridgehead atoms. The van der Waals surface area contributed by atoms with Gasteiger partial charge in [-0.2, -0.15) is 5.10 Å². The zero-order valence-corrected chi connectivity index (χ0v) is 13.2. The van der Waals surface area contributed by atoms with E-state index in [1.54, 1.807) is 12.1 Å². The Morgan fingerprint density at radius 1 is 1.32 bits per heavy atom. The van der Waals surface area contributed by atoms with Gasteiger partial charge in [-0.15, -0.1) is 12.4 Å². The fraction of sp³-hybridized carbons (Fsp3) is 0.286. The predicted octanol–water partition coefficient (Wildman–Crippen LogP) is 1.55. The summed E-state index contributed by atoms with van der Waals surface area (Å²) < 4.78 is 0. The van der Waals surface area contributed by atoms with Crippen molar-refractivity contribution in [1.82, 2.24) is 15.2 Å². The number of rotatable bonds is 4. The van der Waals surface area contributed by atoms with Crippen LogP contribution >= 0.6 is 12.4 Å². The second-order valence-corrected chi connectivity index (χ2v) is 4.49. The van der Waals surface area contributed by atoms with Crippen molar-refractivity contribution in [3.8, 4) is 0 Å². The fourth-order valence-electron chi connectivity index (χ4n) is 2.11. The molecule has 118 valence electrons. The van der Waals surface area contributed by atoms with E-state index in [1.807, 2.05) is 13.8 Å². The lowest BCUT2D eigenvalue weighted by Gasteiger charge is -2.10. The van der Waals surface area contributed by atoms with Crippen LogP contribution in [0.3, 0.4) is 0 Å². The summed E-state index contributed by atoms with van der Waals surface area (Å²) in [6, 6.07) is 3.20. The van der Waals surface area contributed by atoms with Crippen molar-refractivity contribution >= 4 is 29.8 Å². The Kier molecular flexibility index (Phi) is 6.06. The summed E-state index contributed by atoms with van der Waals surface area (Å²) in [7, 11) is 0. The molecule has 22 heavy (non-hydrogen) atoms. The number of carbonyl (C=O) groups is 1. The molecule has 0 fully saturated rings. The number of anilines is 2. The van der Waals surface area contributed by atoms with Crippen LogP contribution in [0.25, 0.3) is 0 Å². The zero-order chi connectivity index (χ0) is 15.4. The molecule has 2 aromatic rings. The van der Waals surface area contributed by atoms with Gasteiger partial charge < -0.3 is 11.1 Å². The third kappa shape index (κ3) is 3.62. The normalized spacial score (nSPS) is 9.91. The number of aromatic nitrogens is 3. The quantitative estimate of drug-likeness (QED) is 0.789. The number of H-pyrrole nitrogens is 1. The smallest absolute Gasteiger partial charge is 0.277 e. The van der Waals surface area contributed by atoms with Crippen LogP contribution in [0.4, 0.5) is 11.5 Å². The molecular formula is C14H18ClN5O2. The molecule has 0 aliphatic carbocycles. The lowest BCUT2D eigenvalue weighted by atomic mass is 10.0. The number of pyridine rings is 1. The average molecular weight is 324 g/mol. The van der Waals surface area contributed by atoms with E-state index in [2.05, 4.69) is 20.5 Å². The van der Waals surface area contributed by atoms with Gasteiger partial charge in [0.2, 0.25) is 0 Å². The number of amides is 1. The van der Waals surface area contributed by atoms with Gasteiger partial charge in [0.1, 0.15) is 11.4 Å². The van der Waals surface area contributed by atoms with Gasteiger partial charge in [-0.05, 0) is 30.5 Å². The first-order valence-electron chi connectivity index (χ1n) is 6.70. The summed E-state index contributed by atoms with van der Waals surface area (Å²) >= 11 is 0. The first-order valence-corrected chi connectivity index (χ1v) is 6.70. The van der Waals surface area contributed by atoms with Crippen molar-refractivity contribution in [2.45, 2.75) is 26.7 Å². The third-order valence-corrected chi connectivity index (χ3v) is 3.13. The maximum atomic E-state index is 12.3. The number of hydrogen-bond acceptors (Lipinski definition) is 5. The highest BCUT2D eigenvalue weighted by Gasteiger charge is 2.19. The second-order valence-electron chi connectivity index (χ2n) is 4.49. The minimum atomic E-state index is -0.495. The molecule has 0 atom stereocenters. The molecule has 0 aliphatic rings. The molecule has 0 unspecified atom stereocenters. The van der Waals surface area contributed by atoms with Crippen molar-refractivity contribution < 1.29 is 4.79 Å². The molecule has 1 amide bonds. The van der Waals surface area contributed by atoms with E-state index in [-0.39, 0.29) is 18.0 Å².